The third-order valence-electron chi connectivity index (χ3n) is 5.73. The molecular formula is C26H26ClNO7. The molecular weight excluding hydrogens is 474 g/mol. The Morgan fingerprint density at radius 1 is 1.17 bits per heavy atom. The summed E-state index contributed by atoms with van der Waals surface area (Å²) in [6, 6.07) is 10.9. The van der Waals surface area contributed by atoms with Crippen molar-refractivity contribution in [3.63, 3.8) is 0 Å². The monoisotopic (exact) mass is 499 g/mol. The second-order valence-electron chi connectivity index (χ2n) is 8.33. The average molecular weight is 500 g/mol. The minimum Gasteiger partial charge on any atom is -0.503 e. The van der Waals surface area contributed by atoms with Gasteiger partial charge in [-0.25, -0.2) is 0 Å². The van der Waals surface area contributed by atoms with E-state index >= 15 is 0 Å². The Morgan fingerprint density at radius 3 is 2.63 bits per heavy atom. The first-order valence-electron chi connectivity index (χ1n) is 11.1. The SMILES string of the molecule is COc1cccc(C2C(C(=O)c3cc4cc(Cl)cc(OC)c4o3)=C(O)C(=O)N2CCOC(C)C)c1. The molecule has 0 radical (unpaired) electrons. The van der Waals surface area contributed by atoms with E-state index in [-0.39, 0.29) is 30.6 Å². The summed E-state index contributed by atoms with van der Waals surface area (Å²) >= 11 is 6.15. The highest BCUT2D eigenvalue weighted by atomic mass is 35.5. The second kappa shape index (κ2) is 10.0. The summed E-state index contributed by atoms with van der Waals surface area (Å²) in [6.45, 7) is 4.18. The Morgan fingerprint density at radius 2 is 1.94 bits per heavy atom. The fourth-order valence-corrected chi connectivity index (χ4v) is 4.36. The van der Waals surface area contributed by atoms with Gasteiger partial charge in [0.1, 0.15) is 5.75 Å². The normalized spacial score (nSPS) is 16.0. The van der Waals surface area contributed by atoms with Crippen molar-refractivity contribution >= 4 is 34.3 Å². The molecule has 1 amide bonds. The average Bonchev–Trinajstić information content (AvgIpc) is 3.37. The van der Waals surface area contributed by atoms with Crippen LogP contribution in [0.3, 0.4) is 0 Å². The fourth-order valence-electron chi connectivity index (χ4n) is 4.14. The van der Waals surface area contributed by atoms with Crippen LogP contribution in [0.25, 0.3) is 11.0 Å². The van der Waals surface area contributed by atoms with E-state index in [1.807, 2.05) is 13.8 Å². The number of carbonyl (C=O) groups excluding carboxylic acids is 2. The molecule has 9 heteroatoms. The van der Waals surface area contributed by atoms with Crippen molar-refractivity contribution in [2.24, 2.45) is 0 Å². The number of benzene rings is 2. The molecule has 184 valence electrons. The molecule has 0 fully saturated rings. The summed E-state index contributed by atoms with van der Waals surface area (Å²) in [6.07, 6.45) is -0.0389. The smallest absolute Gasteiger partial charge is 0.290 e. The zero-order valence-electron chi connectivity index (χ0n) is 19.8. The maximum absolute atomic E-state index is 13.7. The van der Waals surface area contributed by atoms with E-state index in [0.717, 1.165) is 0 Å². The number of aliphatic hydroxyl groups is 1. The lowest BCUT2D eigenvalue weighted by molar-refractivity contribution is -0.130. The zero-order valence-corrected chi connectivity index (χ0v) is 20.6. The second-order valence-corrected chi connectivity index (χ2v) is 8.76. The van der Waals surface area contributed by atoms with Crippen LogP contribution in [0.1, 0.15) is 36.0 Å². The largest absolute Gasteiger partial charge is 0.503 e. The van der Waals surface area contributed by atoms with Gasteiger partial charge in [0.25, 0.3) is 5.91 Å². The van der Waals surface area contributed by atoms with Crippen molar-refractivity contribution in [2.45, 2.75) is 26.0 Å². The molecule has 1 N–H and O–H groups in total. The number of ether oxygens (including phenoxy) is 3. The van der Waals surface area contributed by atoms with E-state index in [2.05, 4.69) is 0 Å². The number of furan rings is 1. The third kappa shape index (κ3) is 4.72. The quantitative estimate of drug-likeness (QED) is 0.408. The Balaban J connectivity index is 1.79. The molecule has 0 aliphatic carbocycles. The van der Waals surface area contributed by atoms with Crippen LogP contribution in [0.15, 0.2) is 58.2 Å². The molecule has 1 aliphatic rings. The van der Waals surface area contributed by atoms with Crippen molar-refractivity contribution in [3.8, 4) is 11.5 Å². The van der Waals surface area contributed by atoms with Crippen LogP contribution in [0, 0.1) is 0 Å². The summed E-state index contributed by atoms with van der Waals surface area (Å²) in [5.74, 6) is -1.05. The van der Waals surface area contributed by atoms with Crippen LogP contribution >= 0.6 is 11.6 Å². The molecule has 0 bridgehead atoms. The first-order chi connectivity index (χ1) is 16.7. The summed E-state index contributed by atoms with van der Waals surface area (Å²) in [5.41, 5.74) is 0.855. The Kier molecular flexibility index (Phi) is 7.05. The van der Waals surface area contributed by atoms with Crippen molar-refractivity contribution in [3.05, 3.63) is 70.1 Å². The van der Waals surface area contributed by atoms with Gasteiger partial charge in [0.15, 0.2) is 22.9 Å². The summed E-state index contributed by atoms with van der Waals surface area (Å²) in [7, 11) is 2.99. The zero-order chi connectivity index (χ0) is 25.3. The van der Waals surface area contributed by atoms with Gasteiger partial charge in [-0.2, -0.15) is 0 Å². The lowest BCUT2D eigenvalue weighted by Crippen LogP contribution is -2.34. The Bertz CT molecular complexity index is 1310. The lowest BCUT2D eigenvalue weighted by Gasteiger charge is -2.27. The van der Waals surface area contributed by atoms with Gasteiger partial charge in [0.05, 0.1) is 38.5 Å². The van der Waals surface area contributed by atoms with E-state index in [1.165, 1.54) is 25.2 Å². The number of halogens is 1. The number of hydrogen-bond acceptors (Lipinski definition) is 7. The highest BCUT2D eigenvalue weighted by Gasteiger charge is 2.44. The maximum Gasteiger partial charge on any atom is 0.290 e. The van der Waals surface area contributed by atoms with Crippen molar-refractivity contribution in [2.75, 3.05) is 27.4 Å². The van der Waals surface area contributed by atoms with E-state index in [0.29, 0.717) is 33.1 Å². The van der Waals surface area contributed by atoms with E-state index < -0.39 is 23.5 Å². The molecule has 35 heavy (non-hydrogen) atoms. The fraction of sp³-hybridized carbons (Fsp3) is 0.308. The summed E-state index contributed by atoms with van der Waals surface area (Å²) in [5, 5.41) is 11.8. The van der Waals surface area contributed by atoms with Crippen molar-refractivity contribution in [1.29, 1.82) is 0 Å². The first-order valence-corrected chi connectivity index (χ1v) is 11.4. The van der Waals surface area contributed by atoms with Crippen molar-refractivity contribution in [1.82, 2.24) is 4.90 Å². The summed E-state index contributed by atoms with van der Waals surface area (Å²) < 4.78 is 22.1. The molecule has 1 aromatic heterocycles. The predicted molar refractivity (Wildman–Crippen MR) is 130 cm³/mol. The number of amides is 1. The number of fused-ring (bicyclic) bond motifs is 1. The van der Waals surface area contributed by atoms with Gasteiger partial charge in [-0.15, -0.1) is 0 Å². The van der Waals surface area contributed by atoms with E-state index in [1.54, 1.807) is 36.4 Å². The van der Waals surface area contributed by atoms with Gasteiger partial charge in [0, 0.05) is 23.0 Å². The summed E-state index contributed by atoms with van der Waals surface area (Å²) in [4.78, 5) is 28.2. The molecule has 3 aromatic rings. The van der Waals surface area contributed by atoms with Gasteiger partial charge in [-0.05, 0) is 43.7 Å². The number of nitrogens with zero attached hydrogens (tertiary/aromatic N) is 1. The minimum atomic E-state index is -0.862. The van der Waals surface area contributed by atoms with Crippen LogP contribution in [-0.4, -0.2) is 55.2 Å². The first kappa shape index (κ1) is 24.6. The molecule has 2 heterocycles. The van der Waals surface area contributed by atoms with Gasteiger partial charge in [-0.1, -0.05) is 23.7 Å². The molecule has 0 saturated carbocycles. The third-order valence-corrected chi connectivity index (χ3v) is 5.95. The van der Waals surface area contributed by atoms with Crippen LogP contribution in [0.2, 0.25) is 5.02 Å². The number of carbonyl (C=O) groups is 2. The Labute approximate surface area is 207 Å². The molecule has 4 rings (SSSR count). The molecule has 0 spiro atoms. The molecule has 2 aromatic carbocycles. The van der Waals surface area contributed by atoms with E-state index in [4.69, 9.17) is 30.2 Å². The van der Waals surface area contributed by atoms with Gasteiger partial charge in [-0.3, -0.25) is 9.59 Å². The van der Waals surface area contributed by atoms with Crippen molar-refractivity contribution < 1.29 is 33.3 Å². The molecule has 1 unspecified atom stereocenters. The predicted octanol–water partition coefficient (Wildman–Crippen LogP) is 5.11. The Hall–Kier alpha value is -3.49. The van der Waals surface area contributed by atoms with Crippen LogP contribution in [0.4, 0.5) is 0 Å². The molecule has 1 atom stereocenters. The number of Topliss-reactive ketones (excluding diaryl/α,β-unsaturated/α-hetero) is 1. The van der Waals surface area contributed by atoms with Crippen LogP contribution in [-0.2, 0) is 9.53 Å². The number of ketones is 1. The molecule has 8 nitrogen and oxygen atoms in total. The van der Waals surface area contributed by atoms with Crippen LogP contribution in [0.5, 0.6) is 11.5 Å². The van der Waals surface area contributed by atoms with Crippen LogP contribution < -0.4 is 9.47 Å². The topological polar surface area (TPSA) is 98.4 Å². The maximum atomic E-state index is 13.7. The highest BCUT2D eigenvalue weighted by molar-refractivity contribution is 6.31. The minimum absolute atomic E-state index is 0.0389. The van der Waals surface area contributed by atoms with Gasteiger partial charge >= 0.3 is 0 Å². The van der Waals surface area contributed by atoms with Gasteiger partial charge < -0.3 is 28.6 Å². The number of methoxy groups -OCH3 is 2. The van der Waals surface area contributed by atoms with Gasteiger partial charge in [0.2, 0.25) is 5.78 Å². The number of aliphatic hydroxyl groups excluding tert-OH is 1. The lowest BCUT2D eigenvalue weighted by atomic mass is 9.95. The standard InChI is InChI=1S/C26H26ClNO7/c1-14(2)34-9-8-28-22(15-6-5-7-18(11-15)32-3)21(24(30)26(28)31)23(29)19-12-16-10-17(27)13-20(33-4)25(16)35-19/h5-7,10-14,22,30H,8-9H2,1-4H3. The number of hydrogen-bond donors (Lipinski definition) is 1. The highest BCUT2D eigenvalue weighted by Crippen LogP contribution is 2.41. The van der Waals surface area contributed by atoms with E-state index in [9.17, 15) is 14.7 Å². The molecule has 0 saturated heterocycles. The molecule has 1 aliphatic heterocycles. The number of rotatable bonds is 9.